The summed E-state index contributed by atoms with van der Waals surface area (Å²) in [5, 5.41) is 11.9. The summed E-state index contributed by atoms with van der Waals surface area (Å²) >= 11 is 0. The zero-order valence-electron chi connectivity index (χ0n) is 10.2. The zero-order valence-corrected chi connectivity index (χ0v) is 10.2. The van der Waals surface area contributed by atoms with Crippen molar-refractivity contribution in [1.29, 1.82) is 5.26 Å². The van der Waals surface area contributed by atoms with Crippen molar-refractivity contribution in [3.05, 3.63) is 53.7 Å². The number of nitriles is 1. The molecular formula is C15H15N3. The molecule has 2 rings (SSSR count). The number of allylic oxidation sites excluding steroid dienone is 2. The third kappa shape index (κ3) is 2.73. The van der Waals surface area contributed by atoms with E-state index in [2.05, 4.69) is 35.6 Å². The average molecular weight is 237 g/mol. The Morgan fingerprint density at radius 1 is 1.39 bits per heavy atom. The summed E-state index contributed by atoms with van der Waals surface area (Å²) in [5.74, 6) is 0. The molecule has 3 nitrogen and oxygen atoms in total. The molecule has 0 aromatic heterocycles. The lowest BCUT2D eigenvalue weighted by Gasteiger charge is -2.17. The molecule has 0 atom stereocenters. The van der Waals surface area contributed by atoms with Gasteiger partial charge in [0, 0.05) is 12.8 Å². The maximum absolute atomic E-state index is 8.58. The number of hydrogen-bond acceptors (Lipinski definition) is 3. The van der Waals surface area contributed by atoms with Crippen molar-refractivity contribution in [3.63, 3.8) is 0 Å². The van der Waals surface area contributed by atoms with E-state index in [-0.39, 0.29) is 5.70 Å². The highest BCUT2D eigenvalue weighted by Crippen LogP contribution is 2.19. The van der Waals surface area contributed by atoms with Gasteiger partial charge in [0.25, 0.3) is 0 Å². The molecule has 3 heteroatoms. The summed E-state index contributed by atoms with van der Waals surface area (Å²) in [4.78, 5) is 3.94. The normalized spacial score (nSPS) is 13.9. The van der Waals surface area contributed by atoms with E-state index in [4.69, 9.17) is 5.26 Å². The molecule has 18 heavy (non-hydrogen) atoms. The molecule has 0 spiro atoms. The van der Waals surface area contributed by atoms with Crippen LogP contribution in [0.4, 0.5) is 0 Å². The van der Waals surface area contributed by atoms with E-state index in [1.54, 1.807) is 6.21 Å². The van der Waals surface area contributed by atoms with E-state index >= 15 is 0 Å². The first-order valence-electron chi connectivity index (χ1n) is 5.85. The first-order valence-corrected chi connectivity index (χ1v) is 5.85. The lowest BCUT2D eigenvalue weighted by Crippen LogP contribution is -2.23. The van der Waals surface area contributed by atoms with Crippen LogP contribution in [0.25, 0.3) is 5.57 Å². The van der Waals surface area contributed by atoms with Crippen LogP contribution < -0.4 is 5.32 Å². The molecule has 1 N–H and O–H groups in total. The van der Waals surface area contributed by atoms with E-state index in [1.165, 1.54) is 11.1 Å². The smallest absolute Gasteiger partial charge is 0.133 e. The summed E-state index contributed by atoms with van der Waals surface area (Å²) < 4.78 is 0. The first-order chi connectivity index (χ1) is 8.70. The highest BCUT2D eigenvalue weighted by molar-refractivity contribution is 6.09. The highest BCUT2D eigenvalue weighted by Gasteiger charge is 2.09. The Hall–Kier alpha value is -2.18. The van der Waals surface area contributed by atoms with Crippen LogP contribution in [0.3, 0.4) is 0 Å². The predicted molar refractivity (Wildman–Crippen MR) is 74.1 cm³/mol. The predicted octanol–water partition coefficient (Wildman–Crippen LogP) is 2.45. The Balaban J connectivity index is 2.19. The minimum atomic E-state index is 0.193. The lowest BCUT2D eigenvalue weighted by molar-refractivity contribution is 0.643. The van der Waals surface area contributed by atoms with Gasteiger partial charge >= 0.3 is 0 Å². The van der Waals surface area contributed by atoms with Gasteiger partial charge < -0.3 is 5.32 Å². The van der Waals surface area contributed by atoms with E-state index in [0.29, 0.717) is 0 Å². The Kier molecular flexibility index (Phi) is 3.71. The Morgan fingerprint density at radius 3 is 3.00 bits per heavy atom. The second-order valence-electron chi connectivity index (χ2n) is 4.25. The van der Waals surface area contributed by atoms with Crippen LogP contribution in [0.15, 0.2) is 42.0 Å². The van der Waals surface area contributed by atoms with Gasteiger partial charge in [-0.3, -0.25) is 0 Å². The van der Waals surface area contributed by atoms with E-state index in [1.807, 2.05) is 12.1 Å². The summed E-state index contributed by atoms with van der Waals surface area (Å²) in [5.41, 5.74) is 4.74. The Bertz CT molecular complexity index is 562. The number of rotatable bonds is 3. The van der Waals surface area contributed by atoms with Crippen molar-refractivity contribution < 1.29 is 0 Å². The van der Waals surface area contributed by atoms with Gasteiger partial charge in [0.2, 0.25) is 0 Å². The van der Waals surface area contributed by atoms with Gasteiger partial charge in [-0.1, -0.05) is 31.4 Å². The highest BCUT2D eigenvalue weighted by atomic mass is 14.9. The molecule has 0 saturated heterocycles. The van der Waals surface area contributed by atoms with Crippen molar-refractivity contribution in [2.45, 2.75) is 13.0 Å². The molecule has 0 unspecified atom stereocenters. The number of fused-ring (bicyclic) bond motifs is 1. The summed E-state index contributed by atoms with van der Waals surface area (Å²) in [7, 11) is 0. The minimum Gasteiger partial charge on any atom is -0.312 e. The Morgan fingerprint density at radius 2 is 2.22 bits per heavy atom. The van der Waals surface area contributed by atoms with Gasteiger partial charge in [0.15, 0.2) is 0 Å². The number of nitrogens with zero attached hydrogens (tertiary/aromatic N) is 2. The van der Waals surface area contributed by atoms with E-state index < -0.39 is 0 Å². The van der Waals surface area contributed by atoms with Gasteiger partial charge in [-0.2, -0.15) is 5.26 Å². The summed E-state index contributed by atoms with van der Waals surface area (Å²) in [6, 6.07) is 8.19. The van der Waals surface area contributed by atoms with Crippen LogP contribution in [-0.2, 0) is 13.0 Å². The fraction of sp³-hybridized carbons (Fsp3) is 0.200. The topological polar surface area (TPSA) is 48.2 Å². The molecule has 0 saturated carbocycles. The molecule has 1 aromatic carbocycles. The maximum Gasteiger partial charge on any atom is 0.133 e. The molecule has 0 aliphatic carbocycles. The van der Waals surface area contributed by atoms with E-state index in [9.17, 15) is 0 Å². The van der Waals surface area contributed by atoms with Crippen LogP contribution >= 0.6 is 0 Å². The largest absolute Gasteiger partial charge is 0.312 e. The van der Waals surface area contributed by atoms with Gasteiger partial charge in [-0.05, 0) is 35.2 Å². The number of hydrogen-bond donors (Lipinski definition) is 1. The molecule has 0 fully saturated rings. The second-order valence-corrected chi connectivity index (χ2v) is 4.25. The molecule has 0 amide bonds. The van der Waals surface area contributed by atoms with Gasteiger partial charge in [-0.15, -0.1) is 0 Å². The summed E-state index contributed by atoms with van der Waals surface area (Å²) in [6.45, 7) is 9.41. The molecule has 1 aliphatic heterocycles. The third-order valence-corrected chi connectivity index (χ3v) is 2.97. The van der Waals surface area contributed by atoms with Crippen molar-refractivity contribution in [2.24, 2.45) is 4.99 Å². The van der Waals surface area contributed by atoms with Crippen molar-refractivity contribution in [2.75, 3.05) is 6.54 Å². The zero-order chi connectivity index (χ0) is 13.0. The number of nitrogens with one attached hydrogen (secondary N) is 1. The molecule has 90 valence electrons. The Labute approximate surface area is 107 Å². The van der Waals surface area contributed by atoms with Crippen molar-refractivity contribution in [1.82, 2.24) is 5.32 Å². The summed E-state index contributed by atoms with van der Waals surface area (Å²) in [6.07, 6.45) is 2.63. The quantitative estimate of drug-likeness (QED) is 0.648. The molecule has 1 aromatic rings. The maximum atomic E-state index is 8.58. The minimum absolute atomic E-state index is 0.193. The van der Waals surface area contributed by atoms with Gasteiger partial charge in [-0.25, -0.2) is 4.99 Å². The first kappa shape index (κ1) is 12.3. The van der Waals surface area contributed by atoms with Crippen LogP contribution in [0.5, 0.6) is 0 Å². The van der Waals surface area contributed by atoms with Crippen LogP contribution in [0.1, 0.15) is 16.7 Å². The van der Waals surface area contributed by atoms with Gasteiger partial charge in [0.05, 0.1) is 0 Å². The number of aliphatic imine (C=N–C) groups is 1. The fourth-order valence-corrected chi connectivity index (χ4v) is 1.94. The molecule has 1 aliphatic rings. The van der Waals surface area contributed by atoms with Crippen LogP contribution in [0, 0.1) is 11.3 Å². The molecule has 1 heterocycles. The average Bonchev–Trinajstić information content (AvgIpc) is 2.43. The fourth-order valence-electron chi connectivity index (χ4n) is 1.94. The second kappa shape index (κ2) is 5.44. The van der Waals surface area contributed by atoms with Crippen LogP contribution in [0.2, 0.25) is 0 Å². The van der Waals surface area contributed by atoms with Gasteiger partial charge in [0.1, 0.15) is 11.8 Å². The molecule has 0 radical (unpaired) electrons. The van der Waals surface area contributed by atoms with E-state index in [0.717, 1.165) is 30.6 Å². The third-order valence-electron chi connectivity index (χ3n) is 2.97. The van der Waals surface area contributed by atoms with Crippen molar-refractivity contribution >= 4 is 11.8 Å². The number of benzene rings is 1. The monoisotopic (exact) mass is 237 g/mol. The lowest BCUT2D eigenvalue weighted by atomic mass is 9.96. The van der Waals surface area contributed by atoms with Crippen molar-refractivity contribution in [3.8, 4) is 6.07 Å². The molecule has 0 bridgehead atoms. The molecular weight excluding hydrogens is 222 g/mol. The SMILES string of the molecule is C=C(C#N)N=CC(=C)c1ccc2c(c1)CCNC2. The standard InChI is InChI=1S/C15H15N3/c1-11(9-18-12(2)8-16)13-3-4-15-10-17-6-5-14(15)7-13/h3-4,7,9,17H,1-2,5-6,10H2. The van der Waals surface area contributed by atoms with Crippen LogP contribution in [-0.4, -0.2) is 12.8 Å².